The number of benzene rings is 3. The van der Waals surface area contributed by atoms with E-state index in [0.29, 0.717) is 18.7 Å². The number of methoxy groups -OCH3 is 1. The summed E-state index contributed by atoms with van der Waals surface area (Å²) in [5, 5.41) is 3.02. The molecule has 0 heterocycles. The number of carbonyl (C=O) groups excluding carboxylic acids is 2. The van der Waals surface area contributed by atoms with Gasteiger partial charge in [-0.05, 0) is 85.6 Å². The zero-order valence-electron chi connectivity index (χ0n) is 22.6. The molecule has 3 rings (SSSR count). The van der Waals surface area contributed by atoms with E-state index in [4.69, 9.17) is 9.47 Å². The molecule has 3 aromatic rings. The van der Waals surface area contributed by atoms with Crippen molar-refractivity contribution in [3.63, 3.8) is 0 Å². The lowest BCUT2D eigenvalue weighted by Crippen LogP contribution is -2.35. The molecule has 0 atom stereocenters. The standard InChI is InChI=1S/C31H38N2O4S/c1-4-6-7-8-9-23-33(31(35)32-24-11-15-26(36-3)16-12-24)25-13-19-28(20-14-25)38-29-21-17-27(18-22-29)37-30(34)10-5-2/h11-22H,4-10,23H2,1-3H3,(H,32,35). The summed E-state index contributed by atoms with van der Waals surface area (Å²) in [6.07, 6.45) is 6.80. The largest absolute Gasteiger partial charge is 0.497 e. The molecule has 0 aliphatic heterocycles. The fraction of sp³-hybridized carbons (Fsp3) is 0.355. The van der Waals surface area contributed by atoms with Crippen LogP contribution in [-0.4, -0.2) is 25.7 Å². The van der Waals surface area contributed by atoms with Gasteiger partial charge in [0.2, 0.25) is 0 Å². The predicted molar refractivity (Wildman–Crippen MR) is 156 cm³/mol. The van der Waals surface area contributed by atoms with Gasteiger partial charge in [-0.1, -0.05) is 51.3 Å². The molecule has 0 bridgehead atoms. The fourth-order valence-corrected chi connectivity index (χ4v) is 4.70. The predicted octanol–water partition coefficient (Wildman–Crippen LogP) is 8.56. The summed E-state index contributed by atoms with van der Waals surface area (Å²) in [5.41, 5.74) is 1.58. The Morgan fingerprint density at radius 1 is 0.763 bits per heavy atom. The van der Waals surface area contributed by atoms with E-state index in [1.165, 1.54) is 19.3 Å². The third kappa shape index (κ3) is 9.45. The van der Waals surface area contributed by atoms with E-state index in [1.54, 1.807) is 18.9 Å². The summed E-state index contributed by atoms with van der Waals surface area (Å²) < 4.78 is 10.5. The average Bonchev–Trinajstić information content (AvgIpc) is 2.93. The second-order valence-electron chi connectivity index (χ2n) is 9.02. The van der Waals surface area contributed by atoms with E-state index in [0.717, 1.165) is 46.2 Å². The van der Waals surface area contributed by atoms with Gasteiger partial charge in [0.05, 0.1) is 7.11 Å². The summed E-state index contributed by atoms with van der Waals surface area (Å²) in [5.74, 6) is 1.09. The lowest BCUT2D eigenvalue weighted by atomic mass is 10.1. The highest BCUT2D eigenvalue weighted by Crippen LogP contribution is 2.31. The van der Waals surface area contributed by atoms with Crippen LogP contribution in [0.2, 0.25) is 0 Å². The molecule has 0 aliphatic rings. The van der Waals surface area contributed by atoms with Gasteiger partial charge >= 0.3 is 12.0 Å². The molecule has 0 aliphatic carbocycles. The quantitative estimate of drug-likeness (QED) is 0.127. The van der Waals surface area contributed by atoms with E-state index < -0.39 is 0 Å². The number of anilines is 2. The zero-order chi connectivity index (χ0) is 27.2. The third-order valence-electron chi connectivity index (χ3n) is 5.97. The minimum Gasteiger partial charge on any atom is -0.497 e. The lowest BCUT2D eigenvalue weighted by molar-refractivity contribution is -0.134. The topological polar surface area (TPSA) is 67.9 Å². The van der Waals surface area contributed by atoms with Gasteiger partial charge in [0.25, 0.3) is 0 Å². The first kappa shape index (κ1) is 29.1. The highest BCUT2D eigenvalue weighted by atomic mass is 32.2. The molecule has 3 aromatic carbocycles. The lowest BCUT2D eigenvalue weighted by Gasteiger charge is -2.24. The minimum atomic E-state index is -0.213. The van der Waals surface area contributed by atoms with E-state index >= 15 is 0 Å². The Morgan fingerprint density at radius 2 is 1.37 bits per heavy atom. The molecular formula is C31H38N2O4S. The maximum absolute atomic E-state index is 13.3. The Morgan fingerprint density at radius 3 is 1.97 bits per heavy atom. The number of hydrogen-bond acceptors (Lipinski definition) is 5. The second kappa shape index (κ2) is 15.7. The van der Waals surface area contributed by atoms with Crippen LogP contribution in [0, 0.1) is 0 Å². The molecule has 38 heavy (non-hydrogen) atoms. The molecule has 0 saturated heterocycles. The van der Waals surface area contributed by atoms with Gasteiger partial charge in [0.1, 0.15) is 11.5 Å². The van der Waals surface area contributed by atoms with Crippen molar-refractivity contribution in [1.82, 2.24) is 0 Å². The Bertz CT molecular complexity index is 1130. The monoisotopic (exact) mass is 534 g/mol. The first-order valence-electron chi connectivity index (χ1n) is 13.3. The van der Waals surface area contributed by atoms with Crippen molar-refractivity contribution in [2.24, 2.45) is 0 Å². The molecule has 0 spiro atoms. The van der Waals surface area contributed by atoms with Crippen LogP contribution in [0.5, 0.6) is 11.5 Å². The van der Waals surface area contributed by atoms with Crippen LogP contribution in [0.3, 0.4) is 0 Å². The van der Waals surface area contributed by atoms with Crippen LogP contribution < -0.4 is 19.7 Å². The first-order chi connectivity index (χ1) is 18.5. The number of nitrogens with one attached hydrogen (secondary N) is 1. The Kier molecular flexibility index (Phi) is 12.0. The fourth-order valence-electron chi connectivity index (χ4n) is 3.88. The molecular weight excluding hydrogens is 496 g/mol. The number of esters is 1. The van der Waals surface area contributed by atoms with Crippen LogP contribution in [-0.2, 0) is 4.79 Å². The number of urea groups is 1. The van der Waals surface area contributed by atoms with Crippen molar-refractivity contribution in [2.75, 3.05) is 23.9 Å². The van der Waals surface area contributed by atoms with E-state index in [2.05, 4.69) is 12.2 Å². The minimum absolute atomic E-state index is 0.153. The highest BCUT2D eigenvalue weighted by Gasteiger charge is 2.16. The number of amides is 2. The third-order valence-corrected chi connectivity index (χ3v) is 6.98. The average molecular weight is 535 g/mol. The van der Waals surface area contributed by atoms with Gasteiger partial charge in [-0.25, -0.2) is 4.79 Å². The van der Waals surface area contributed by atoms with Gasteiger partial charge in [0, 0.05) is 34.1 Å². The van der Waals surface area contributed by atoms with Crippen LogP contribution in [0.1, 0.15) is 58.8 Å². The highest BCUT2D eigenvalue weighted by molar-refractivity contribution is 7.99. The van der Waals surface area contributed by atoms with Crippen LogP contribution in [0.25, 0.3) is 0 Å². The maximum Gasteiger partial charge on any atom is 0.326 e. The number of rotatable bonds is 14. The summed E-state index contributed by atoms with van der Waals surface area (Å²) in [6, 6.07) is 22.7. The molecule has 1 N–H and O–H groups in total. The second-order valence-corrected chi connectivity index (χ2v) is 10.2. The van der Waals surface area contributed by atoms with Crippen molar-refractivity contribution >= 4 is 35.1 Å². The van der Waals surface area contributed by atoms with Crippen LogP contribution >= 0.6 is 11.8 Å². The van der Waals surface area contributed by atoms with Gasteiger partial charge in [-0.15, -0.1) is 0 Å². The zero-order valence-corrected chi connectivity index (χ0v) is 23.4. The SMILES string of the molecule is CCCCCCCN(C(=O)Nc1ccc(OC)cc1)c1ccc(Sc2ccc(OC(=O)CCC)cc2)cc1. The Balaban J connectivity index is 1.65. The summed E-state index contributed by atoms with van der Waals surface area (Å²) in [4.78, 5) is 28.9. The van der Waals surface area contributed by atoms with E-state index in [9.17, 15) is 9.59 Å². The number of nitrogens with zero attached hydrogens (tertiary/aromatic N) is 1. The Labute approximate surface area is 230 Å². The summed E-state index contributed by atoms with van der Waals surface area (Å²) in [7, 11) is 1.62. The first-order valence-corrected chi connectivity index (χ1v) is 14.1. The smallest absolute Gasteiger partial charge is 0.326 e. The molecule has 0 unspecified atom stereocenters. The normalized spacial score (nSPS) is 10.6. The van der Waals surface area contributed by atoms with E-state index in [-0.39, 0.29) is 12.0 Å². The molecule has 0 radical (unpaired) electrons. The van der Waals surface area contributed by atoms with Crippen LogP contribution in [0.15, 0.2) is 82.6 Å². The summed E-state index contributed by atoms with van der Waals surface area (Å²) >= 11 is 1.62. The molecule has 202 valence electrons. The molecule has 2 amide bonds. The molecule has 6 nitrogen and oxygen atoms in total. The van der Waals surface area contributed by atoms with Gasteiger partial charge in [0.15, 0.2) is 0 Å². The van der Waals surface area contributed by atoms with Crippen LogP contribution in [0.4, 0.5) is 16.2 Å². The molecule has 0 aromatic heterocycles. The number of carbonyl (C=O) groups is 2. The van der Waals surface area contributed by atoms with Gasteiger partial charge < -0.3 is 14.8 Å². The molecule has 0 fully saturated rings. The van der Waals surface area contributed by atoms with Crippen molar-refractivity contribution < 1.29 is 19.1 Å². The molecule has 0 saturated carbocycles. The summed E-state index contributed by atoms with van der Waals surface area (Å²) in [6.45, 7) is 4.80. The van der Waals surface area contributed by atoms with E-state index in [1.807, 2.05) is 84.6 Å². The van der Waals surface area contributed by atoms with Crippen molar-refractivity contribution in [1.29, 1.82) is 0 Å². The number of ether oxygens (including phenoxy) is 2. The van der Waals surface area contributed by atoms with Crippen molar-refractivity contribution in [3.05, 3.63) is 72.8 Å². The maximum atomic E-state index is 13.3. The number of hydrogen-bond donors (Lipinski definition) is 1. The molecule has 7 heteroatoms. The van der Waals surface area contributed by atoms with Crippen molar-refractivity contribution in [3.8, 4) is 11.5 Å². The van der Waals surface area contributed by atoms with Crippen molar-refractivity contribution in [2.45, 2.75) is 68.6 Å². The van der Waals surface area contributed by atoms with Gasteiger partial charge in [-0.3, -0.25) is 9.69 Å². The van der Waals surface area contributed by atoms with Gasteiger partial charge in [-0.2, -0.15) is 0 Å². The number of unbranched alkanes of at least 4 members (excludes halogenated alkanes) is 4. The Hall–Kier alpha value is -3.45.